The highest BCUT2D eigenvalue weighted by molar-refractivity contribution is 6.34. The maximum Gasteiger partial charge on any atom is 0.276 e. The van der Waals surface area contributed by atoms with Gasteiger partial charge in [0.25, 0.3) is 5.91 Å². The van der Waals surface area contributed by atoms with E-state index in [2.05, 4.69) is 33.3 Å². The summed E-state index contributed by atoms with van der Waals surface area (Å²) in [4.78, 5) is 17.2. The van der Waals surface area contributed by atoms with Gasteiger partial charge in [0.05, 0.1) is 29.2 Å². The zero-order valence-corrected chi connectivity index (χ0v) is 17.0. The maximum absolute atomic E-state index is 12.9. The molecule has 1 amide bonds. The third kappa shape index (κ3) is 4.05. The Balaban J connectivity index is 1.50. The summed E-state index contributed by atoms with van der Waals surface area (Å²) in [7, 11) is 0. The lowest BCUT2D eigenvalue weighted by molar-refractivity contribution is 0.100. The average Bonchev–Trinajstić information content (AvgIpc) is 3.09. The van der Waals surface area contributed by atoms with Gasteiger partial charge in [-0.15, -0.1) is 0 Å². The number of halogens is 1. The van der Waals surface area contributed by atoms with Crippen molar-refractivity contribution in [2.75, 3.05) is 5.32 Å². The Morgan fingerprint density at radius 3 is 2.63 bits per heavy atom. The lowest BCUT2D eigenvalue weighted by atomic mass is 9.81. The summed E-state index contributed by atoms with van der Waals surface area (Å²) in [6.07, 6.45) is 4.42. The van der Waals surface area contributed by atoms with Crippen LogP contribution < -0.4 is 5.32 Å². The molecule has 4 rings (SSSR count). The molecule has 2 heterocycles. The van der Waals surface area contributed by atoms with E-state index in [0.29, 0.717) is 18.7 Å². The Bertz CT molecular complexity index is 1190. The van der Waals surface area contributed by atoms with Crippen molar-refractivity contribution in [2.24, 2.45) is 5.92 Å². The first-order chi connectivity index (χ1) is 14.5. The number of amides is 1. The minimum atomic E-state index is -0.378. The van der Waals surface area contributed by atoms with Gasteiger partial charge in [0.15, 0.2) is 0 Å². The van der Waals surface area contributed by atoms with Crippen molar-refractivity contribution < 1.29 is 4.79 Å². The molecule has 30 heavy (non-hydrogen) atoms. The quantitative estimate of drug-likeness (QED) is 0.644. The van der Waals surface area contributed by atoms with Crippen molar-refractivity contribution in [1.29, 1.82) is 5.26 Å². The van der Waals surface area contributed by atoms with E-state index >= 15 is 0 Å². The largest absolute Gasteiger partial charge is 0.305 e. The maximum atomic E-state index is 12.9. The molecule has 0 unspecified atom stereocenters. The molecular weight excluding hydrogens is 398 g/mol. The van der Waals surface area contributed by atoms with Crippen LogP contribution in [0.25, 0.3) is 0 Å². The highest BCUT2D eigenvalue weighted by Crippen LogP contribution is 2.38. The summed E-state index contributed by atoms with van der Waals surface area (Å²) in [5.74, 6) is 6.24. The van der Waals surface area contributed by atoms with Crippen LogP contribution in [0.2, 0.25) is 5.02 Å². The fraction of sp³-hybridized carbons (Fsp3) is 0.217. The van der Waals surface area contributed by atoms with E-state index in [9.17, 15) is 4.79 Å². The molecule has 0 atom stereocenters. The van der Waals surface area contributed by atoms with Gasteiger partial charge in [-0.3, -0.25) is 9.48 Å². The standard InChI is InChI=1S/C23H18ClN5O/c1-15-9-17(8-7-16-5-3-2-4-6-16)13-26-22(15)28-23(30)21-20(24)14-27-29(21)19-10-18(11-19)12-25/h2-6,9,13-14,18-19H,10-11H2,1H3,(H,26,28,30). The first kappa shape index (κ1) is 19.7. The SMILES string of the molecule is Cc1cc(C#Cc2ccccc2)cnc1NC(=O)c1c(Cl)cnn1C1CC(C#N)C1. The summed E-state index contributed by atoms with van der Waals surface area (Å²) in [6, 6.07) is 13.8. The number of rotatable bonds is 3. The van der Waals surface area contributed by atoms with Crippen LogP contribution in [0.15, 0.2) is 48.8 Å². The van der Waals surface area contributed by atoms with Gasteiger partial charge < -0.3 is 5.32 Å². The van der Waals surface area contributed by atoms with Crippen LogP contribution in [0.1, 0.15) is 46.1 Å². The number of aromatic nitrogens is 3. The first-order valence-corrected chi connectivity index (χ1v) is 9.90. The number of carbonyl (C=O) groups is 1. The van der Waals surface area contributed by atoms with Crippen LogP contribution in [0.3, 0.4) is 0 Å². The summed E-state index contributed by atoms with van der Waals surface area (Å²) >= 11 is 6.22. The number of nitrogens with zero attached hydrogens (tertiary/aromatic N) is 4. The van der Waals surface area contributed by atoms with Crippen molar-refractivity contribution in [3.05, 3.63) is 76.2 Å². The van der Waals surface area contributed by atoms with Gasteiger partial charge in [0.2, 0.25) is 0 Å². The molecule has 1 aromatic carbocycles. The van der Waals surface area contributed by atoms with Gasteiger partial charge in [-0.1, -0.05) is 41.6 Å². The molecule has 3 aromatic rings. The number of nitrogens with one attached hydrogen (secondary N) is 1. The molecule has 0 aliphatic heterocycles. The Kier molecular flexibility index (Phi) is 5.52. The molecule has 2 aromatic heterocycles. The van der Waals surface area contributed by atoms with Crippen LogP contribution in [0.5, 0.6) is 0 Å². The van der Waals surface area contributed by atoms with Crippen LogP contribution in [-0.2, 0) is 0 Å². The van der Waals surface area contributed by atoms with E-state index in [1.807, 2.05) is 43.3 Å². The topological polar surface area (TPSA) is 83.6 Å². The van der Waals surface area contributed by atoms with E-state index < -0.39 is 0 Å². The monoisotopic (exact) mass is 415 g/mol. The van der Waals surface area contributed by atoms with Gasteiger partial charge in [0, 0.05) is 17.3 Å². The number of pyridine rings is 1. The van der Waals surface area contributed by atoms with Crippen LogP contribution in [0.4, 0.5) is 5.82 Å². The molecule has 1 aliphatic carbocycles. The normalized spacial score (nSPS) is 17.2. The van der Waals surface area contributed by atoms with Crippen LogP contribution >= 0.6 is 11.6 Å². The molecule has 1 N–H and O–H groups in total. The average molecular weight is 416 g/mol. The number of aryl methyl sites for hydroxylation is 1. The second-order valence-electron chi connectivity index (χ2n) is 7.20. The number of hydrogen-bond donors (Lipinski definition) is 1. The van der Waals surface area contributed by atoms with Crippen molar-refractivity contribution in [3.8, 4) is 17.9 Å². The lowest BCUT2D eigenvalue weighted by Crippen LogP contribution is -2.30. The molecule has 0 spiro atoms. The van der Waals surface area contributed by atoms with Crippen molar-refractivity contribution >= 4 is 23.3 Å². The third-order valence-corrected chi connectivity index (χ3v) is 5.32. The summed E-state index contributed by atoms with van der Waals surface area (Å²) < 4.78 is 1.61. The van der Waals surface area contributed by atoms with Gasteiger partial charge in [0.1, 0.15) is 11.5 Å². The minimum Gasteiger partial charge on any atom is -0.305 e. The predicted molar refractivity (Wildman–Crippen MR) is 114 cm³/mol. The van der Waals surface area contributed by atoms with Crippen LogP contribution in [-0.4, -0.2) is 20.7 Å². The number of hydrogen-bond acceptors (Lipinski definition) is 4. The second kappa shape index (κ2) is 8.41. The highest BCUT2D eigenvalue weighted by Gasteiger charge is 2.34. The minimum absolute atomic E-state index is 0.00216. The Morgan fingerprint density at radius 1 is 1.20 bits per heavy atom. The molecular formula is C23H18ClN5O. The Labute approximate surface area is 179 Å². The van der Waals surface area contributed by atoms with E-state index in [1.54, 1.807) is 10.9 Å². The van der Waals surface area contributed by atoms with Gasteiger partial charge in [-0.2, -0.15) is 10.4 Å². The number of anilines is 1. The number of nitriles is 1. The van der Waals surface area contributed by atoms with E-state index in [1.165, 1.54) is 6.20 Å². The van der Waals surface area contributed by atoms with Gasteiger partial charge in [-0.05, 0) is 43.5 Å². The zero-order chi connectivity index (χ0) is 21.1. The van der Waals surface area contributed by atoms with E-state index in [0.717, 1.165) is 16.7 Å². The molecule has 1 saturated carbocycles. The molecule has 148 valence electrons. The number of carbonyl (C=O) groups excluding carboxylic acids is 1. The third-order valence-electron chi connectivity index (χ3n) is 5.04. The Morgan fingerprint density at radius 2 is 1.93 bits per heavy atom. The number of benzene rings is 1. The molecule has 0 radical (unpaired) electrons. The van der Waals surface area contributed by atoms with Crippen molar-refractivity contribution in [2.45, 2.75) is 25.8 Å². The van der Waals surface area contributed by atoms with Crippen molar-refractivity contribution in [3.63, 3.8) is 0 Å². The first-order valence-electron chi connectivity index (χ1n) is 9.53. The molecule has 0 saturated heterocycles. The molecule has 1 aliphatic rings. The van der Waals surface area contributed by atoms with E-state index in [-0.39, 0.29) is 28.6 Å². The fourth-order valence-electron chi connectivity index (χ4n) is 3.33. The Hall–Kier alpha value is -3.61. The van der Waals surface area contributed by atoms with E-state index in [4.69, 9.17) is 16.9 Å². The molecule has 7 heteroatoms. The lowest BCUT2D eigenvalue weighted by Gasteiger charge is -2.31. The highest BCUT2D eigenvalue weighted by atomic mass is 35.5. The summed E-state index contributed by atoms with van der Waals surface area (Å²) in [5.41, 5.74) is 2.75. The second-order valence-corrected chi connectivity index (χ2v) is 7.60. The van der Waals surface area contributed by atoms with Gasteiger partial charge >= 0.3 is 0 Å². The fourth-order valence-corrected chi connectivity index (χ4v) is 3.55. The van der Waals surface area contributed by atoms with Crippen molar-refractivity contribution in [1.82, 2.24) is 14.8 Å². The zero-order valence-electron chi connectivity index (χ0n) is 16.3. The summed E-state index contributed by atoms with van der Waals surface area (Å²) in [5, 5.41) is 16.3. The molecule has 1 fully saturated rings. The smallest absolute Gasteiger partial charge is 0.276 e. The molecule has 0 bridgehead atoms. The molecule has 6 nitrogen and oxygen atoms in total. The summed E-state index contributed by atoms with van der Waals surface area (Å²) in [6.45, 7) is 1.86. The predicted octanol–water partition coefficient (Wildman–Crippen LogP) is 4.37. The van der Waals surface area contributed by atoms with Crippen LogP contribution in [0, 0.1) is 36.0 Å². The van der Waals surface area contributed by atoms with Gasteiger partial charge in [-0.25, -0.2) is 4.98 Å².